The Morgan fingerprint density at radius 2 is 1.82 bits per heavy atom. The molecule has 1 amide bonds. The first-order valence-corrected chi connectivity index (χ1v) is 9.40. The van der Waals surface area contributed by atoms with Crippen molar-refractivity contribution in [1.82, 2.24) is 19.7 Å². The van der Waals surface area contributed by atoms with Gasteiger partial charge in [-0.2, -0.15) is 17.9 Å². The van der Waals surface area contributed by atoms with E-state index in [1.165, 1.54) is 54.7 Å². The number of H-pyrrole nitrogens is 1. The maximum absolute atomic E-state index is 12.9. The van der Waals surface area contributed by atoms with E-state index in [-0.39, 0.29) is 28.8 Å². The van der Waals surface area contributed by atoms with Crippen LogP contribution in [0.25, 0.3) is 5.69 Å². The summed E-state index contributed by atoms with van der Waals surface area (Å²) in [6.07, 6.45) is -3.14. The number of amides is 1. The molecule has 12 heteroatoms. The normalized spacial score (nSPS) is 11.2. The summed E-state index contributed by atoms with van der Waals surface area (Å²) in [5.74, 6) is -0.669. The highest BCUT2D eigenvalue weighted by atomic mass is 19.4. The van der Waals surface area contributed by atoms with Crippen molar-refractivity contribution < 1.29 is 23.1 Å². The second-order valence-corrected chi connectivity index (χ2v) is 6.77. The molecule has 0 aliphatic carbocycles. The van der Waals surface area contributed by atoms with E-state index in [4.69, 9.17) is 0 Å². The zero-order valence-electron chi connectivity index (χ0n) is 16.6. The molecule has 0 atom stereocenters. The van der Waals surface area contributed by atoms with E-state index in [9.17, 15) is 27.9 Å². The molecule has 168 valence electrons. The number of nitrogens with one attached hydrogen (secondary N) is 3. The van der Waals surface area contributed by atoms with Crippen LogP contribution in [-0.4, -0.2) is 30.8 Å². The summed E-state index contributed by atoms with van der Waals surface area (Å²) in [5, 5.41) is 19.0. The Bertz CT molecular complexity index is 1360. The lowest BCUT2D eigenvalue weighted by Crippen LogP contribution is -2.16. The molecule has 2 aromatic heterocycles. The first kappa shape index (κ1) is 21.6. The van der Waals surface area contributed by atoms with Crippen molar-refractivity contribution in [3.63, 3.8) is 0 Å². The maximum Gasteiger partial charge on any atom is 0.416 e. The van der Waals surface area contributed by atoms with E-state index in [0.29, 0.717) is 5.69 Å². The minimum Gasteiger partial charge on any atom is -0.504 e. The highest BCUT2D eigenvalue weighted by Crippen LogP contribution is 2.30. The number of halogens is 3. The van der Waals surface area contributed by atoms with E-state index in [1.54, 1.807) is 0 Å². The predicted molar refractivity (Wildman–Crippen MR) is 113 cm³/mol. The summed E-state index contributed by atoms with van der Waals surface area (Å²) < 4.78 is 39.6. The molecule has 4 aromatic rings. The fourth-order valence-corrected chi connectivity index (χ4v) is 2.88. The molecule has 0 radical (unpaired) electrons. The minimum absolute atomic E-state index is 0.00646. The molecule has 33 heavy (non-hydrogen) atoms. The Hall–Kier alpha value is -4.61. The SMILES string of the molecule is O=C(Nc1ncccc1O)c1ccc(Nc2nn(-c3cccc(C(F)(F)F)c3)c(=O)[nH]2)cc1. The third-order valence-corrected chi connectivity index (χ3v) is 4.46. The molecule has 0 aliphatic heterocycles. The summed E-state index contributed by atoms with van der Waals surface area (Å²) in [4.78, 5) is 30.8. The van der Waals surface area contributed by atoms with E-state index in [2.05, 4.69) is 25.7 Å². The molecule has 4 N–H and O–H groups in total. The number of carbonyl (C=O) groups excluding carboxylic acids is 1. The lowest BCUT2D eigenvalue weighted by molar-refractivity contribution is -0.137. The van der Waals surface area contributed by atoms with Gasteiger partial charge < -0.3 is 15.7 Å². The number of nitrogens with zero attached hydrogens (tertiary/aromatic N) is 3. The van der Waals surface area contributed by atoms with Crippen LogP contribution >= 0.6 is 0 Å². The van der Waals surface area contributed by atoms with Crippen molar-refractivity contribution in [1.29, 1.82) is 0 Å². The topological polar surface area (TPSA) is 125 Å². The molecular formula is C21H15F3N6O3. The number of carbonyl (C=O) groups is 1. The van der Waals surface area contributed by atoms with Gasteiger partial charge in [-0.1, -0.05) is 6.07 Å². The number of hydrogen-bond donors (Lipinski definition) is 4. The van der Waals surface area contributed by atoms with Gasteiger partial charge in [-0.05, 0) is 54.6 Å². The largest absolute Gasteiger partial charge is 0.504 e. The Morgan fingerprint density at radius 3 is 2.52 bits per heavy atom. The van der Waals surface area contributed by atoms with Crippen molar-refractivity contribution >= 4 is 23.4 Å². The molecule has 2 aromatic carbocycles. The highest BCUT2D eigenvalue weighted by Gasteiger charge is 2.30. The molecule has 2 heterocycles. The molecule has 0 aliphatic rings. The van der Waals surface area contributed by atoms with E-state index in [0.717, 1.165) is 16.8 Å². The van der Waals surface area contributed by atoms with Crippen LogP contribution in [0.4, 0.5) is 30.6 Å². The Kier molecular flexibility index (Phi) is 5.56. The van der Waals surface area contributed by atoms with Crippen LogP contribution in [-0.2, 0) is 6.18 Å². The minimum atomic E-state index is -4.56. The third kappa shape index (κ3) is 4.84. The number of aromatic hydroxyl groups is 1. The van der Waals surface area contributed by atoms with Crippen LogP contribution in [0.2, 0.25) is 0 Å². The monoisotopic (exact) mass is 456 g/mol. The summed E-state index contributed by atoms with van der Waals surface area (Å²) in [6, 6.07) is 13.2. The first-order valence-electron chi connectivity index (χ1n) is 9.40. The zero-order valence-corrected chi connectivity index (χ0v) is 16.6. The van der Waals surface area contributed by atoms with Crippen molar-refractivity contribution in [2.45, 2.75) is 6.18 Å². The quantitative estimate of drug-likeness (QED) is 0.363. The average Bonchev–Trinajstić information content (AvgIpc) is 3.15. The number of benzene rings is 2. The molecule has 9 nitrogen and oxygen atoms in total. The van der Waals surface area contributed by atoms with Gasteiger partial charge in [0.2, 0.25) is 5.95 Å². The van der Waals surface area contributed by atoms with E-state index < -0.39 is 23.3 Å². The van der Waals surface area contributed by atoms with E-state index in [1.807, 2.05) is 0 Å². The lowest BCUT2D eigenvalue weighted by atomic mass is 10.2. The summed E-state index contributed by atoms with van der Waals surface area (Å²) >= 11 is 0. The van der Waals surface area contributed by atoms with E-state index >= 15 is 0 Å². The summed E-state index contributed by atoms with van der Waals surface area (Å²) in [6.45, 7) is 0. The average molecular weight is 456 g/mol. The summed E-state index contributed by atoms with van der Waals surface area (Å²) in [7, 11) is 0. The van der Waals surface area contributed by atoms with Gasteiger partial charge in [-0.15, -0.1) is 5.10 Å². The van der Waals surface area contributed by atoms with Crippen LogP contribution in [0.15, 0.2) is 71.7 Å². The molecule has 4 rings (SSSR count). The first-order chi connectivity index (χ1) is 15.7. The van der Waals surface area contributed by atoms with Gasteiger partial charge in [0.05, 0.1) is 11.3 Å². The number of anilines is 3. The Labute approximate surface area is 183 Å². The Balaban J connectivity index is 1.49. The van der Waals surface area contributed by atoms with Gasteiger partial charge in [0.25, 0.3) is 5.91 Å². The smallest absolute Gasteiger partial charge is 0.416 e. The van der Waals surface area contributed by atoms with Crippen LogP contribution in [0.1, 0.15) is 15.9 Å². The number of alkyl halides is 3. The number of rotatable bonds is 5. The van der Waals surface area contributed by atoms with Gasteiger partial charge in [0, 0.05) is 17.4 Å². The second kappa shape index (κ2) is 8.49. The van der Waals surface area contributed by atoms with Crippen molar-refractivity contribution in [2.75, 3.05) is 10.6 Å². The summed E-state index contributed by atoms with van der Waals surface area (Å²) in [5.41, 5.74) is -0.963. The molecule has 0 saturated heterocycles. The number of hydrogen-bond acceptors (Lipinski definition) is 6. The highest BCUT2D eigenvalue weighted by molar-refractivity contribution is 6.04. The molecular weight excluding hydrogens is 441 g/mol. The van der Waals surface area contributed by atoms with Crippen LogP contribution in [0.3, 0.4) is 0 Å². The van der Waals surface area contributed by atoms with Gasteiger partial charge in [0.15, 0.2) is 11.6 Å². The van der Waals surface area contributed by atoms with Crippen molar-refractivity contribution in [2.24, 2.45) is 0 Å². The standard InChI is InChI=1S/C21H15F3N6O3/c22-21(23,24)13-3-1-4-15(11-13)30-20(33)28-19(29-30)26-14-8-6-12(7-9-14)18(32)27-17-16(31)5-2-10-25-17/h1-11,31H,(H,25,27,32)(H2,26,28,29,33). The van der Waals surface area contributed by atoms with Gasteiger partial charge in [-0.3, -0.25) is 9.78 Å². The zero-order chi connectivity index (χ0) is 23.6. The van der Waals surface area contributed by atoms with Gasteiger partial charge in [0.1, 0.15) is 0 Å². The third-order valence-electron chi connectivity index (χ3n) is 4.46. The van der Waals surface area contributed by atoms with Crippen molar-refractivity contribution in [3.05, 3.63) is 88.5 Å². The molecule has 0 fully saturated rings. The maximum atomic E-state index is 12.9. The van der Waals surface area contributed by atoms with Crippen molar-refractivity contribution in [3.8, 4) is 11.4 Å². The fraction of sp³-hybridized carbons (Fsp3) is 0.0476. The van der Waals surface area contributed by atoms with Gasteiger partial charge >= 0.3 is 11.9 Å². The predicted octanol–water partition coefficient (Wildman–Crippen LogP) is 3.68. The molecule has 0 unspecified atom stereocenters. The molecule has 0 bridgehead atoms. The molecule has 0 spiro atoms. The van der Waals surface area contributed by atoms with Crippen LogP contribution in [0, 0.1) is 0 Å². The van der Waals surface area contributed by atoms with Crippen LogP contribution < -0.4 is 16.3 Å². The fourth-order valence-electron chi connectivity index (χ4n) is 2.88. The molecule has 0 saturated carbocycles. The number of aromatic nitrogens is 4. The second-order valence-electron chi connectivity index (χ2n) is 6.77. The number of aromatic amines is 1. The van der Waals surface area contributed by atoms with Gasteiger partial charge in [-0.25, -0.2) is 9.78 Å². The lowest BCUT2D eigenvalue weighted by Gasteiger charge is -2.08. The number of pyridine rings is 1. The Morgan fingerprint density at radius 1 is 1.06 bits per heavy atom. The van der Waals surface area contributed by atoms with Crippen LogP contribution in [0.5, 0.6) is 5.75 Å².